The average molecular weight is 644 g/mol. The van der Waals surface area contributed by atoms with Gasteiger partial charge in [0.15, 0.2) is 0 Å². The van der Waals surface area contributed by atoms with Crippen molar-refractivity contribution < 1.29 is 48.3 Å². The number of methoxy groups -OCH3 is 2. The van der Waals surface area contributed by atoms with E-state index >= 15 is 0 Å². The molecule has 2 saturated heterocycles. The maximum atomic E-state index is 12.5. The number of carbonyl (C=O) groups is 4. The molecule has 0 aromatic rings. The number of hydrogen-bond acceptors (Lipinski definition) is 8. The van der Waals surface area contributed by atoms with Crippen LogP contribution in [0.25, 0.3) is 0 Å². The Labute approximate surface area is 259 Å². The van der Waals surface area contributed by atoms with Crippen molar-refractivity contribution in [2.45, 2.75) is 56.5 Å². The van der Waals surface area contributed by atoms with E-state index in [9.17, 15) is 19.2 Å². The maximum absolute atomic E-state index is 12.5. The van der Waals surface area contributed by atoms with Crippen LogP contribution in [-0.4, -0.2) is 122 Å². The number of ether oxygens (including phenoxy) is 4. The van der Waals surface area contributed by atoms with E-state index in [1.165, 1.54) is 0 Å². The van der Waals surface area contributed by atoms with Crippen LogP contribution >= 0.6 is 23.2 Å². The van der Waals surface area contributed by atoms with E-state index in [1.807, 2.05) is 12.2 Å². The first kappa shape index (κ1) is 33.2. The zero-order chi connectivity index (χ0) is 31.3. The van der Waals surface area contributed by atoms with Crippen LogP contribution in [0.3, 0.4) is 0 Å². The second-order valence-corrected chi connectivity index (χ2v) is 11.5. The van der Waals surface area contributed by atoms with E-state index < -0.39 is 36.4 Å². The number of likely N-dealkylation sites (tertiary alicyclic amines) is 2. The first-order valence-electron chi connectivity index (χ1n) is 14.0. The van der Waals surface area contributed by atoms with Crippen molar-refractivity contribution >= 4 is 47.0 Å². The van der Waals surface area contributed by atoms with Gasteiger partial charge in [0, 0.05) is 66.5 Å². The molecule has 2 N–H and O–H groups in total. The van der Waals surface area contributed by atoms with Crippen molar-refractivity contribution in [1.82, 2.24) is 9.80 Å². The molecule has 4 aliphatic rings. The number of nitrogens with zero attached hydrogens (tertiary/aromatic N) is 2. The van der Waals surface area contributed by atoms with Crippen molar-refractivity contribution in [1.29, 1.82) is 0 Å². The highest BCUT2D eigenvalue weighted by molar-refractivity contribution is 6.31. The summed E-state index contributed by atoms with van der Waals surface area (Å²) >= 11 is 13.5. The molecule has 12 nitrogen and oxygen atoms in total. The molecule has 2 fully saturated rings. The number of carboxylic acid groups (broad SMARTS) is 2. The van der Waals surface area contributed by atoms with Gasteiger partial charge in [0.05, 0.1) is 22.9 Å². The van der Waals surface area contributed by atoms with Gasteiger partial charge in [-0.05, 0) is 40.9 Å². The molecule has 0 aromatic heterocycles. The number of fused-ring (bicyclic) bond motifs is 2. The third kappa shape index (κ3) is 7.86. The lowest BCUT2D eigenvalue weighted by molar-refractivity contribution is -0.140. The van der Waals surface area contributed by atoms with Gasteiger partial charge in [0.2, 0.25) is 11.8 Å². The van der Waals surface area contributed by atoms with Crippen molar-refractivity contribution in [3.63, 3.8) is 0 Å². The number of carbonyl (C=O) groups excluding carboxylic acids is 2. The molecule has 2 aliphatic heterocycles. The third-order valence-electron chi connectivity index (χ3n) is 7.84. The molecule has 0 spiro atoms. The van der Waals surface area contributed by atoms with Crippen LogP contribution in [0.5, 0.6) is 0 Å². The Hall–Kier alpha value is -2.74. The molecular formula is C29H36Cl2N2O10. The lowest BCUT2D eigenvalue weighted by atomic mass is 9.96. The molecular weight excluding hydrogens is 607 g/mol. The fourth-order valence-electron chi connectivity index (χ4n) is 5.56. The number of halogens is 2. The fourth-order valence-corrected chi connectivity index (χ4v) is 6.30. The van der Waals surface area contributed by atoms with Crippen LogP contribution in [0.2, 0.25) is 0 Å². The predicted molar refractivity (Wildman–Crippen MR) is 155 cm³/mol. The molecule has 236 valence electrons. The van der Waals surface area contributed by atoms with Gasteiger partial charge < -0.3 is 39.0 Å². The van der Waals surface area contributed by atoms with E-state index in [1.54, 1.807) is 24.0 Å². The van der Waals surface area contributed by atoms with Gasteiger partial charge in [0.1, 0.15) is 24.4 Å². The van der Waals surface area contributed by atoms with Crippen molar-refractivity contribution in [3.05, 3.63) is 44.5 Å². The van der Waals surface area contributed by atoms with Gasteiger partial charge in [-0.2, -0.15) is 0 Å². The minimum atomic E-state index is -1.02. The molecule has 2 heterocycles. The number of hydrogen-bond donors (Lipinski definition) is 2. The van der Waals surface area contributed by atoms with E-state index in [0.717, 1.165) is 22.3 Å². The van der Waals surface area contributed by atoms with Crippen molar-refractivity contribution in [2.75, 3.05) is 53.6 Å². The monoisotopic (exact) mass is 642 g/mol. The molecule has 4 rings (SSSR count). The summed E-state index contributed by atoms with van der Waals surface area (Å²) in [6.07, 6.45) is 1.64. The van der Waals surface area contributed by atoms with Gasteiger partial charge in [0.25, 0.3) is 0 Å². The van der Waals surface area contributed by atoms with Gasteiger partial charge in [-0.1, -0.05) is 23.2 Å². The number of aliphatic carboxylic acids is 2. The van der Waals surface area contributed by atoms with Gasteiger partial charge >= 0.3 is 11.9 Å². The highest BCUT2D eigenvalue weighted by Gasteiger charge is 2.39. The average Bonchev–Trinajstić information content (AvgIpc) is 3.61. The molecule has 0 saturated carbocycles. The second kappa shape index (κ2) is 14.8. The van der Waals surface area contributed by atoms with Gasteiger partial charge in [-0.25, -0.2) is 0 Å². The molecule has 2 amide bonds. The van der Waals surface area contributed by atoms with Crippen molar-refractivity contribution in [3.8, 4) is 0 Å². The topological polar surface area (TPSA) is 152 Å². The summed E-state index contributed by atoms with van der Waals surface area (Å²) in [5, 5.41) is 18.7. The van der Waals surface area contributed by atoms with Crippen LogP contribution in [-0.2, 0) is 38.1 Å². The highest BCUT2D eigenvalue weighted by atomic mass is 35.5. The summed E-state index contributed by atoms with van der Waals surface area (Å²) < 4.78 is 23.4. The van der Waals surface area contributed by atoms with Gasteiger partial charge in [-0.3, -0.25) is 19.2 Å². The first-order valence-corrected chi connectivity index (χ1v) is 14.8. The molecule has 4 atom stereocenters. The minimum Gasteiger partial charge on any atom is -0.481 e. The second-order valence-electron chi connectivity index (χ2n) is 10.7. The lowest BCUT2D eigenvalue weighted by Gasteiger charge is -2.30. The van der Waals surface area contributed by atoms with Crippen LogP contribution in [0, 0.1) is 0 Å². The molecule has 2 aliphatic carbocycles. The standard InChI is InChI=1S/C29H36Cl2N2O10/c1-40-20-10-16-12-32(22(34)4-6-24(36)37)14-18(16)26(30)28(20)42-8-3-9-43-29-21(41-2)11-17-13-33(15-19(17)27(29)31)23(35)5-7-25(38)39/h10-11,20-21,28-29H,3-9,12-15H2,1-2H3,(H,36,37)(H,38,39). The van der Waals surface area contributed by atoms with Crippen LogP contribution in [0.4, 0.5) is 0 Å². The molecule has 14 heteroatoms. The minimum absolute atomic E-state index is 0.0763. The summed E-state index contributed by atoms with van der Waals surface area (Å²) in [6.45, 7) is 1.84. The third-order valence-corrected chi connectivity index (χ3v) is 8.72. The summed E-state index contributed by atoms with van der Waals surface area (Å²) in [7, 11) is 3.10. The summed E-state index contributed by atoms with van der Waals surface area (Å²) in [4.78, 5) is 49.8. The molecule has 0 radical (unpaired) electrons. The quantitative estimate of drug-likeness (QED) is 0.270. The van der Waals surface area contributed by atoms with E-state index in [-0.39, 0.29) is 50.6 Å². The van der Waals surface area contributed by atoms with E-state index in [2.05, 4.69) is 0 Å². The molecule has 43 heavy (non-hydrogen) atoms. The van der Waals surface area contributed by atoms with Crippen LogP contribution in [0.1, 0.15) is 32.1 Å². The first-order chi connectivity index (χ1) is 20.5. The largest absolute Gasteiger partial charge is 0.481 e. The highest BCUT2D eigenvalue weighted by Crippen LogP contribution is 2.38. The Morgan fingerprint density at radius 1 is 0.721 bits per heavy atom. The Morgan fingerprint density at radius 3 is 1.47 bits per heavy atom. The summed E-state index contributed by atoms with van der Waals surface area (Å²) in [5.74, 6) is -2.54. The Balaban J connectivity index is 1.30. The Kier molecular flexibility index (Phi) is 11.4. The number of amides is 2. The fraction of sp³-hybridized carbons (Fsp3) is 0.586. The molecule has 0 bridgehead atoms. The van der Waals surface area contributed by atoms with Gasteiger partial charge in [-0.15, -0.1) is 0 Å². The zero-order valence-electron chi connectivity index (χ0n) is 24.1. The summed E-state index contributed by atoms with van der Waals surface area (Å²) in [6, 6.07) is 0. The zero-order valence-corrected chi connectivity index (χ0v) is 25.6. The van der Waals surface area contributed by atoms with E-state index in [4.69, 9.17) is 52.4 Å². The molecule has 0 aromatic carbocycles. The maximum Gasteiger partial charge on any atom is 0.303 e. The predicted octanol–water partition coefficient (Wildman–Crippen LogP) is 2.46. The van der Waals surface area contributed by atoms with E-state index in [0.29, 0.717) is 42.8 Å². The van der Waals surface area contributed by atoms with Crippen LogP contribution < -0.4 is 0 Å². The lowest BCUT2D eigenvalue weighted by Crippen LogP contribution is -2.35. The van der Waals surface area contributed by atoms with Crippen LogP contribution in [0.15, 0.2) is 44.5 Å². The number of carboxylic acids is 2. The summed E-state index contributed by atoms with van der Waals surface area (Å²) in [5.41, 5.74) is 3.32. The SMILES string of the molecule is COC1C=C2CN(C(=O)CCC(=O)O)CC2=C(Cl)C1OCCCOC1C(Cl)=C2CN(C(=O)CCC(=O)O)CC2=CC1OC. The number of rotatable bonds is 14. The molecule has 4 unspecified atom stereocenters. The Bertz CT molecular complexity index is 1170. The smallest absolute Gasteiger partial charge is 0.303 e. The normalized spacial score (nSPS) is 25.0. The Morgan fingerprint density at radius 2 is 1.12 bits per heavy atom. The van der Waals surface area contributed by atoms with Crippen molar-refractivity contribution in [2.24, 2.45) is 0 Å².